The Morgan fingerprint density at radius 2 is 2.06 bits per heavy atom. The zero-order valence-corrected chi connectivity index (χ0v) is 11.3. The number of H-pyrrole nitrogens is 1. The molecule has 6 heteroatoms. The van der Waals surface area contributed by atoms with Crippen LogP contribution >= 0.6 is 0 Å². The van der Waals surface area contributed by atoms with Crippen LogP contribution in [0.3, 0.4) is 0 Å². The summed E-state index contributed by atoms with van der Waals surface area (Å²) < 4.78 is 0. The monoisotopic (exact) mass is 248 g/mol. The molecule has 0 saturated heterocycles. The number of hydrogen-bond acceptors (Lipinski definition) is 5. The molecule has 0 spiro atoms. The lowest BCUT2D eigenvalue weighted by Gasteiger charge is -2.16. The van der Waals surface area contributed by atoms with Crippen LogP contribution in [-0.4, -0.2) is 33.5 Å². The van der Waals surface area contributed by atoms with Gasteiger partial charge in [-0.05, 0) is 11.8 Å². The predicted molar refractivity (Wildman–Crippen MR) is 73.7 cm³/mol. The van der Waals surface area contributed by atoms with Gasteiger partial charge in [0.05, 0.1) is 6.33 Å². The highest BCUT2D eigenvalue weighted by molar-refractivity contribution is 5.83. The quantitative estimate of drug-likeness (QED) is 0.755. The average molecular weight is 248 g/mol. The van der Waals surface area contributed by atoms with Crippen molar-refractivity contribution in [1.29, 1.82) is 0 Å². The Morgan fingerprint density at radius 3 is 2.72 bits per heavy atom. The number of anilines is 2. The van der Waals surface area contributed by atoms with E-state index in [4.69, 9.17) is 0 Å². The highest BCUT2D eigenvalue weighted by Crippen LogP contribution is 2.19. The van der Waals surface area contributed by atoms with Crippen LogP contribution in [0.15, 0.2) is 6.33 Å². The molecule has 3 N–H and O–H groups in total. The standard InChI is InChI=1S/C12H20N6/c1-7(2)8(3)5-14-10-9-11(16-6-15-9)18-12(13-4)17-10/h6-8H,5H2,1-4H3,(H3,13,14,15,16,17,18). The van der Waals surface area contributed by atoms with Crippen LogP contribution in [0.2, 0.25) is 0 Å². The maximum Gasteiger partial charge on any atom is 0.226 e. The first-order chi connectivity index (χ1) is 8.61. The van der Waals surface area contributed by atoms with Gasteiger partial charge in [-0.3, -0.25) is 0 Å². The highest BCUT2D eigenvalue weighted by Gasteiger charge is 2.11. The zero-order valence-electron chi connectivity index (χ0n) is 11.3. The van der Waals surface area contributed by atoms with Crippen molar-refractivity contribution in [2.75, 3.05) is 24.2 Å². The van der Waals surface area contributed by atoms with Gasteiger partial charge in [-0.1, -0.05) is 20.8 Å². The lowest BCUT2D eigenvalue weighted by Crippen LogP contribution is -2.17. The molecule has 6 nitrogen and oxygen atoms in total. The number of fused-ring (bicyclic) bond motifs is 1. The molecule has 0 aliphatic carbocycles. The summed E-state index contributed by atoms with van der Waals surface area (Å²) in [6, 6.07) is 0. The van der Waals surface area contributed by atoms with Crippen LogP contribution in [-0.2, 0) is 0 Å². The van der Waals surface area contributed by atoms with Gasteiger partial charge >= 0.3 is 0 Å². The van der Waals surface area contributed by atoms with Crippen molar-refractivity contribution >= 4 is 22.9 Å². The van der Waals surface area contributed by atoms with Crippen molar-refractivity contribution in [2.45, 2.75) is 20.8 Å². The van der Waals surface area contributed by atoms with Crippen molar-refractivity contribution in [3.63, 3.8) is 0 Å². The minimum Gasteiger partial charge on any atom is -0.368 e. The summed E-state index contributed by atoms with van der Waals surface area (Å²) in [7, 11) is 1.80. The van der Waals surface area contributed by atoms with E-state index in [9.17, 15) is 0 Å². The first-order valence-corrected chi connectivity index (χ1v) is 6.24. The van der Waals surface area contributed by atoms with Crippen molar-refractivity contribution in [2.24, 2.45) is 11.8 Å². The summed E-state index contributed by atoms with van der Waals surface area (Å²) in [5.74, 6) is 2.60. The van der Waals surface area contributed by atoms with Crippen LogP contribution in [0.4, 0.5) is 11.8 Å². The van der Waals surface area contributed by atoms with Gasteiger partial charge in [-0.15, -0.1) is 0 Å². The molecular weight excluding hydrogens is 228 g/mol. The third-order valence-electron chi connectivity index (χ3n) is 3.24. The van der Waals surface area contributed by atoms with Crippen molar-refractivity contribution < 1.29 is 0 Å². The summed E-state index contributed by atoms with van der Waals surface area (Å²) in [6.45, 7) is 7.54. The molecule has 1 atom stereocenters. The Hall–Kier alpha value is -1.85. The third-order valence-corrected chi connectivity index (χ3v) is 3.24. The fraction of sp³-hybridized carbons (Fsp3) is 0.583. The summed E-state index contributed by atoms with van der Waals surface area (Å²) in [6.07, 6.45) is 1.63. The van der Waals surface area contributed by atoms with E-state index in [1.165, 1.54) is 0 Å². The number of imidazole rings is 1. The Morgan fingerprint density at radius 1 is 1.28 bits per heavy atom. The first-order valence-electron chi connectivity index (χ1n) is 6.24. The van der Waals surface area contributed by atoms with E-state index >= 15 is 0 Å². The van der Waals surface area contributed by atoms with Crippen LogP contribution in [0, 0.1) is 11.8 Å². The van der Waals surface area contributed by atoms with E-state index in [1.54, 1.807) is 13.4 Å². The van der Waals surface area contributed by atoms with Crippen molar-refractivity contribution in [1.82, 2.24) is 19.9 Å². The van der Waals surface area contributed by atoms with E-state index in [-0.39, 0.29) is 0 Å². The van der Waals surface area contributed by atoms with E-state index < -0.39 is 0 Å². The number of nitrogens with one attached hydrogen (secondary N) is 3. The fourth-order valence-electron chi connectivity index (χ4n) is 1.57. The number of hydrogen-bond donors (Lipinski definition) is 3. The normalized spacial score (nSPS) is 12.9. The molecule has 2 rings (SSSR count). The molecule has 0 saturated carbocycles. The fourth-order valence-corrected chi connectivity index (χ4v) is 1.57. The maximum atomic E-state index is 4.42. The van der Waals surface area contributed by atoms with Gasteiger partial charge in [0.25, 0.3) is 0 Å². The predicted octanol–water partition coefficient (Wildman–Crippen LogP) is 2.10. The maximum absolute atomic E-state index is 4.42. The first kappa shape index (κ1) is 12.6. The minimum absolute atomic E-state index is 0.578. The van der Waals surface area contributed by atoms with Gasteiger partial charge in [-0.25, -0.2) is 4.98 Å². The molecule has 2 aromatic rings. The molecule has 0 aliphatic rings. The molecule has 0 fully saturated rings. The number of aromatic nitrogens is 4. The van der Waals surface area contributed by atoms with Gasteiger partial charge < -0.3 is 15.6 Å². The Labute approximate surface area is 107 Å². The molecule has 0 aromatic carbocycles. The second kappa shape index (κ2) is 5.20. The van der Waals surface area contributed by atoms with Crippen molar-refractivity contribution in [3.05, 3.63) is 6.33 Å². The summed E-state index contributed by atoms with van der Waals surface area (Å²) in [5.41, 5.74) is 1.53. The molecule has 0 aliphatic heterocycles. The van der Waals surface area contributed by atoms with E-state index in [0.29, 0.717) is 23.4 Å². The SMILES string of the molecule is CNc1nc(NCC(C)C(C)C)c2[nH]cnc2n1. The molecule has 18 heavy (non-hydrogen) atoms. The molecule has 1 unspecified atom stereocenters. The Balaban J connectivity index is 2.23. The van der Waals surface area contributed by atoms with E-state index in [2.05, 4.69) is 51.3 Å². The van der Waals surface area contributed by atoms with Gasteiger partial charge in [0.2, 0.25) is 5.95 Å². The second-order valence-electron chi connectivity index (χ2n) is 4.85. The summed E-state index contributed by atoms with van der Waals surface area (Å²) in [4.78, 5) is 15.9. The smallest absolute Gasteiger partial charge is 0.226 e. The molecule has 98 valence electrons. The lowest BCUT2D eigenvalue weighted by atomic mass is 9.98. The third kappa shape index (κ3) is 2.52. The van der Waals surface area contributed by atoms with Crippen molar-refractivity contribution in [3.8, 4) is 0 Å². The number of rotatable bonds is 5. The molecule has 0 bridgehead atoms. The molecule has 0 radical (unpaired) electrons. The minimum atomic E-state index is 0.578. The van der Waals surface area contributed by atoms with Gasteiger partial charge in [0.15, 0.2) is 11.5 Å². The highest BCUT2D eigenvalue weighted by atomic mass is 15.2. The topological polar surface area (TPSA) is 78.5 Å². The molecule has 2 heterocycles. The van der Waals surface area contributed by atoms with Crippen LogP contribution in [0.1, 0.15) is 20.8 Å². The van der Waals surface area contributed by atoms with Gasteiger partial charge in [-0.2, -0.15) is 9.97 Å². The van der Waals surface area contributed by atoms with E-state index in [0.717, 1.165) is 17.9 Å². The summed E-state index contributed by atoms with van der Waals surface area (Å²) >= 11 is 0. The van der Waals surface area contributed by atoms with Crippen LogP contribution in [0.25, 0.3) is 11.2 Å². The van der Waals surface area contributed by atoms with Gasteiger partial charge in [0.1, 0.15) is 5.52 Å². The molecule has 0 amide bonds. The molecule has 2 aromatic heterocycles. The molecular formula is C12H20N6. The average Bonchev–Trinajstić information content (AvgIpc) is 2.83. The van der Waals surface area contributed by atoms with Crippen LogP contribution < -0.4 is 10.6 Å². The summed E-state index contributed by atoms with van der Waals surface area (Å²) in [5, 5.41) is 6.31. The zero-order chi connectivity index (χ0) is 13.1. The number of nitrogens with zero attached hydrogens (tertiary/aromatic N) is 3. The van der Waals surface area contributed by atoms with E-state index in [1.807, 2.05) is 0 Å². The second-order valence-corrected chi connectivity index (χ2v) is 4.85. The number of aromatic amines is 1. The lowest BCUT2D eigenvalue weighted by molar-refractivity contribution is 0.439. The van der Waals surface area contributed by atoms with Gasteiger partial charge in [0, 0.05) is 13.6 Å². The van der Waals surface area contributed by atoms with Crippen LogP contribution in [0.5, 0.6) is 0 Å². The Kier molecular flexibility index (Phi) is 3.64. The Bertz CT molecular complexity index is 518. The largest absolute Gasteiger partial charge is 0.368 e.